The molecule has 28 heavy (non-hydrogen) atoms. The maximum absolute atomic E-state index is 13.1. The SMILES string of the molecule is CCC(CC)N(CCOC)C(=O)C1CCN(S(=O)(=O)c2ccc(C)cc2)CC1. The van der Waals surface area contributed by atoms with E-state index < -0.39 is 10.0 Å². The Hall–Kier alpha value is -1.44. The van der Waals surface area contributed by atoms with Crippen LogP contribution in [0.15, 0.2) is 29.2 Å². The fourth-order valence-corrected chi connectivity index (χ4v) is 5.30. The van der Waals surface area contributed by atoms with Crippen molar-refractivity contribution >= 4 is 15.9 Å². The highest BCUT2D eigenvalue weighted by Crippen LogP contribution is 2.26. The molecular weight excluding hydrogens is 376 g/mol. The average molecular weight is 411 g/mol. The standard InChI is InChI=1S/C21H34N2O4S/c1-5-19(6-2)23(15-16-27-4)21(24)18-11-13-22(14-12-18)28(25,26)20-9-7-17(3)8-10-20/h7-10,18-19H,5-6,11-16H2,1-4H3. The van der Waals surface area contributed by atoms with Crippen molar-refractivity contribution in [3.05, 3.63) is 29.8 Å². The van der Waals surface area contributed by atoms with E-state index in [1.807, 2.05) is 24.0 Å². The van der Waals surface area contributed by atoms with E-state index in [4.69, 9.17) is 4.74 Å². The zero-order chi connectivity index (χ0) is 20.7. The number of benzene rings is 1. The summed E-state index contributed by atoms with van der Waals surface area (Å²) in [5.74, 6) is 0.0139. The molecule has 1 aliphatic rings. The lowest BCUT2D eigenvalue weighted by atomic mass is 9.95. The molecule has 1 amide bonds. The molecule has 0 atom stereocenters. The van der Waals surface area contributed by atoms with Crippen LogP contribution in [0.4, 0.5) is 0 Å². The highest BCUT2D eigenvalue weighted by Gasteiger charge is 2.35. The number of carbonyl (C=O) groups excluding carboxylic acids is 1. The van der Waals surface area contributed by atoms with Crippen molar-refractivity contribution < 1.29 is 17.9 Å². The Morgan fingerprint density at radius 1 is 1.18 bits per heavy atom. The van der Waals surface area contributed by atoms with Crippen molar-refractivity contribution in [2.24, 2.45) is 5.92 Å². The summed E-state index contributed by atoms with van der Waals surface area (Å²) in [5, 5.41) is 0. The summed E-state index contributed by atoms with van der Waals surface area (Å²) in [7, 11) is -1.86. The normalized spacial score (nSPS) is 16.5. The number of rotatable bonds is 9. The van der Waals surface area contributed by atoms with Gasteiger partial charge in [0.05, 0.1) is 11.5 Å². The van der Waals surface area contributed by atoms with Crippen LogP contribution in [-0.2, 0) is 19.6 Å². The number of carbonyl (C=O) groups is 1. The number of aryl methyl sites for hydroxylation is 1. The smallest absolute Gasteiger partial charge is 0.243 e. The van der Waals surface area contributed by atoms with E-state index in [0.29, 0.717) is 44.0 Å². The molecule has 6 nitrogen and oxygen atoms in total. The van der Waals surface area contributed by atoms with Gasteiger partial charge in [0, 0.05) is 38.7 Å². The maximum Gasteiger partial charge on any atom is 0.243 e. The van der Waals surface area contributed by atoms with Gasteiger partial charge in [-0.05, 0) is 44.7 Å². The van der Waals surface area contributed by atoms with E-state index in [2.05, 4.69) is 13.8 Å². The van der Waals surface area contributed by atoms with Crippen molar-refractivity contribution in [1.82, 2.24) is 9.21 Å². The maximum atomic E-state index is 13.1. The van der Waals surface area contributed by atoms with Crippen LogP contribution in [0.25, 0.3) is 0 Å². The van der Waals surface area contributed by atoms with Crippen LogP contribution in [0.2, 0.25) is 0 Å². The summed E-state index contributed by atoms with van der Waals surface area (Å²) in [6.07, 6.45) is 2.94. The van der Waals surface area contributed by atoms with Crippen molar-refractivity contribution in [2.45, 2.75) is 57.4 Å². The minimum absolute atomic E-state index is 0.123. The number of hydrogen-bond donors (Lipinski definition) is 0. The molecule has 1 aliphatic heterocycles. The molecule has 0 N–H and O–H groups in total. The van der Waals surface area contributed by atoms with Gasteiger partial charge >= 0.3 is 0 Å². The first-order valence-electron chi connectivity index (χ1n) is 10.2. The molecule has 1 aromatic carbocycles. The molecule has 0 aliphatic carbocycles. The number of amides is 1. The second kappa shape index (κ2) is 10.4. The summed E-state index contributed by atoms with van der Waals surface area (Å²) in [5.41, 5.74) is 1.03. The van der Waals surface area contributed by atoms with Gasteiger partial charge in [0.15, 0.2) is 0 Å². The van der Waals surface area contributed by atoms with E-state index in [9.17, 15) is 13.2 Å². The molecule has 7 heteroatoms. The molecule has 2 rings (SSSR count). The van der Waals surface area contributed by atoms with Crippen molar-refractivity contribution in [1.29, 1.82) is 0 Å². The van der Waals surface area contributed by atoms with Crippen molar-refractivity contribution in [2.75, 3.05) is 33.4 Å². The lowest BCUT2D eigenvalue weighted by Gasteiger charge is -2.37. The molecule has 1 fully saturated rings. The van der Waals surface area contributed by atoms with Crippen LogP contribution in [0.5, 0.6) is 0 Å². The zero-order valence-electron chi connectivity index (χ0n) is 17.6. The van der Waals surface area contributed by atoms with Gasteiger partial charge in [0.1, 0.15) is 0 Å². The van der Waals surface area contributed by atoms with Crippen LogP contribution in [0.3, 0.4) is 0 Å². The van der Waals surface area contributed by atoms with Gasteiger partial charge in [-0.1, -0.05) is 31.5 Å². The number of hydrogen-bond acceptors (Lipinski definition) is 4. The number of nitrogens with zero attached hydrogens (tertiary/aromatic N) is 2. The van der Waals surface area contributed by atoms with Crippen molar-refractivity contribution in [3.63, 3.8) is 0 Å². The summed E-state index contributed by atoms with van der Waals surface area (Å²) in [4.78, 5) is 15.4. The molecular formula is C21H34N2O4S. The molecule has 0 bridgehead atoms. The first-order chi connectivity index (χ1) is 13.3. The number of methoxy groups -OCH3 is 1. The van der Waals surface area contributed by atoms with E-state index in [-0.39, 0.29) is 17.9 Å². The molecule has 1 aromatic rings. The Morgan fingerprint density at radius 3 is 2.25 bits per heavy atom. The minimum atomic E-state index is -3.50. The molecule has 0 aromatic heterocycles. The van der Waals surface area contributed by atoms with Gasteiger partial charge in [0.2, 0.25) is 15.9 Å². The second-order valence-corrected chi connectivity index (χ2v) is 9.42. The van der Waals surface area contributed by atoms with Gasteiger partial charge in [-0.3, -0.25) is 4.79 Å². The molecule has 0 spiro atoms. The van der Waals surface area contributed by atoms with Crippen LogP contribution < -0.4 is 0 Å². The van der Waals surface area contributed by atoms with Gasteiger partial charge in [-0.25, -0.2) is 8.42 Å². The summed E-state index contributed by atoms with van der Waals surface area (Å²) in [6.45, 7) is 7.99. The summed E-state index contributed by atoms with van der Waals surface area (Å²) < 4.78 is 32.4. The fourth-order valence-electron chi connectivity index (χ4n) is 3.83. The molecule has 0 radical (unpaired) electrons. The van der Waals surface area contributed by atoms with E-state index in [1.54, 1.807) is 19.2 Å². The van der Waals surface area contributed by atoms with Crippen LogP contribution in [-0.4, -0.2) is 62.9 Å². The molecule has 0 saturated carbocycles. The first-order valence-corrected chi connectivity index (χ1v) is 11.6. The van der Waals surface area contributed by atoms with Crippen LogP contribution in [0.1, 0.15) is 45.1 Å². The number of ether oxygens (including phenoxy) is 1. The van der Waals surface area contributed by atoms with Gasteiger partial charge < -0.3 is 9.64 Å². The molecule has 0 unspecified atom stereocenters. The second-order valence-electron chi connectivity index (χ2n) is 7.49. The predicted octanol–water partition coefficient (Wildman–Crippen LogP) is 3.06. The average Bonchev–Trinajstić information content (AvgIpc) is 2.71. The Labute approximate surface area is 169 Å². The van der Waals surface area contributed by atoms with Gasteiger partial charge in [-0.2, -0.15) is 4.31 Å². The molecule has 1 heterocycles. The Balaban J connectivity index is 2.04. The summed E-state index contributed by atoms with van der Waals surface area (Å²) >= 11 is 0. The predicted molar refractivity (Wildman–Crippen MR) is 111 cm³/mol. The molecule has 158 valence electrons. The monoisotopic (exact) mass is 410 g/mol. The third-order valence-electron chi connectivity index (χ3n) is 5.66. The topological polar surface area (TPSA) is 66.9 Å². The highest BCUT2D eigenvalue weighted by molar-refractivity contribution is 7.89. The Kier molecular flexibility index (Phi) is 8.46. The van der Waals surface area contributed by atoms with Crippen LogP contribution >= 0.6 is 0 Å². The fraction of sp³-hybridized carbons (Fsp3) is 0.667. The van der Waals surface area contributed by atoms with E-state index in [0.717, 1.165) is 18.4 Å². The Bertz CT molecular complexity index is 721. The lowest BCUT2D eigenvalue weighted by Crippen LogP contribution is -2.48. The largest absolute Gasteiger partial charge is 0.383 e. The first kappa shape index (κ1) is 22.8. The zero-order valence-corrected chi connectivity index (χ0v) is 18.4. The van der Waals surface area contributed by atoms with E-state index in [1.165, 1.54) is 4.31 Å². The van der Waals surface area contributed by atoms with E-state index >= 15 is 0 Å². The number of piperidine rings is 1. The van der Waals surface area contributed by atoms with Crippen LogP contribution in [0, 0.1) is 12.8 Å². The highest BCUT2D eigenvalue weighted by atomic mass is 32.2. The summed E-state index contributed by atoms with van der Waals surface area (Å²) in [6, 6.07) is 7.14. The molecule has 1 saturated heterocycles. The minimum Gasteiger partial charge on any atom is -0.383 e. The number of sulfonamides is 1. The van der Waals surface area contributed by atoms with Crippen molar-refractivity contribution in [3.8, 4) is 0 Å². The van der Waals surface area contributed by atoms with Gasteiger partial charge in [0.25, 0.3) is 0 Å². The Morgan fingerprint density at radius 2 is 1.75 bits per heavy atom. The quantitative estimate of drug-likeness (QED) is 0.627. The third-order valence-corrected chi connectivity index (χ3v) is 7.58. The third kappa shape index (κ3) is 5.33. The van der Waals surface area contributed by atoms with Gasteiger partial charge in [-0.15, -0.1) is 0 Å². The lowest BCUT2D eigenvalue weighted by molar-refractivity contribution is -0.140.